The summed E-state index contributed by atoms with van der Waals surface area (Å²) in [6.07, 6.45) is 3.53. The molecule has 0 N–H and O–H groups in total. The molecule has 0 aliphatic rings. The lowest BCUT2D eigenvalue weighted by atomic mass is 10.2. The summed E-state index contributed by atoms with van der Waals surface area (Å²) in [6.45, 7) is 0.492. The van der Waals surface area contributed by atoms with Crippen LogP contribution in [0.1, 0.15) is 16.1 Å². The SMILES string of the molecule is CN(Cc1ccc(Cl)nc1)C(=O)c1cc(Br)cn1C. The van der Waals surface area contributed by atoms with Gasteiger partial charge >= 0.3 is 0 Å². The fourth-order valence-electron chi connectivity index (χ4n) is 1.78. The molecule has 100 valence electrons. The molecule has 0 radical (unpaired) electrons. The van der Waals surface area contributed by atoms with E-state index in [9.17, 15) is 4.79 Å². The predicted molar refractivity (Wildman–Crippen MR) is 78.2 cm³/mol. The summed E-state index contributed by atoms with van der Waals surface area (Å²) in [5, 5.41) is 0.448. The van der Waals surface area contributed by atoms with Gasteiger partial charge in [0.25, 0.3) is 5.91 Å². The predicted octanol–water partition coefficient (Wildman–Crippen LogP) is 3.11. The van der Waals surface area contributed by atoms with Crippen LogP contribution in [0.15, 0.2) is 35.1 Å². The minimum atomic E-state index is -0.0387. The fourth-order valence-corrected chi connectivity index (χ4v) is 2.41. The third-order valence-corrected chi connectivity index (χ3v) is 3.40. The van der Waals surface area contributed by atoms with Crippen molar-refractivity contribution in [3.05, 3.63) is 51.5 Å². The number of hydrogen-bond donors (Lipinski definition) is 0. The highest BCUT2D eigenvalue weighted by molar-refractivity contribution is 9.10. The molecular weight excluding hydrogens is 330 g/mol. The highest BCUT2D eigenvalue weighted by atomic mass is 79.9. The molecule has 2 rings (SSSR count). The molecule has 0 aromatic carbocycles. The van der Waals surface area contributed by atoms with Gasteiger partial charge in [0.05, 0.1) is 0 Å². The molecule has 0 unspecified atom stereocenters. The number of amides is 1. The largest absolute Gasteiger partial charge is 0.345 e. The maximum atomic E-state index is 12.3. The average molecular weight is 343 g/mol. The van der Waals surface area contributed by atoms with Crippen molar-refractivity contribution in [2.24, 2.45) is 7.05 Å². The molecular formula is C13H13BrClN3O. The molecule has 2 aromatic rings. The Hall–Kier alpha value is -1.33. The third kappa shape index (κ3) is 3.36. The Morgan fingerprint density at radius 3 is 2.79 bits per heavy atom. The minimum Gasteiger partial charge on any atom is -0.345 e. The summed E-state index contributed by atoms with van der Waals surface area (Å²) in [5.41, 5.74) is 1.57. The summed E-state index contributed by atoms with van der Waals surface area (Å²) in [4.78, 5) is 17.9. The van der Waals surface area contributed by atoms with Gasteiger partial charge in [-0.2, -0.15) is 0 Å². The van der Waals surface area contributed by atoms with Crippen LogP contribution in [-0.2, 0) is 13.6 Å². The Morgan fingerprint density at radius 2 is 2.26 bits per heavy atom. The molecule has 0 aliphatic carbocycles. The molecule has 19 heavy (non-hydrogen) atoms. The van der Waals surface area contributed by atoms with Gasteiger partial charge in [-0.1, -0.05) is 17.7 Å². The van der Waals surface area contributed by atoms with Gasteiger partial charge in [0.15, 0.2) is 0 Å². The molecule has 0 spiro atoms. The van der Waals surface area contributed by atoms with Crippen molar-refractivity contribution in [2.45, 2.75) is 6.54 Å². The first-order chi connectivity index (χ1) is 8.97. The second-order valence-corrected chi connectivity index (χ2v) is 5.61. The number of rotatable bonds is 3. The van der Waals surface area contributed by atoms with Crippen molar-refractivity contribution < 1.29 is 4.79 Å². The van der Waals surface area contributed by atoms with Crippen molar-refractivity contribution in [1.29, 1.82) is 0 Å². The number of hydrogen-bond acceptors (Lipinski definition) is 2. The van der Waals surface area contributed by atoms with Crippen LogP contribution in [0, 0.1) is 0 Å². The van der Waals surface area contributed by atoms with Crippen LogP contribution in [0.2, 0.25) is 5.15 Å². The van der Waals surface area contributed by atoms with E-state index in [0.717, 1.165) is 10.0 Å². The highest BCUT2D eigenvalue weighted by Crippen LogP contribution is 2.16. The minimum absolute atomic E-state index is 0.0387. The van der Waals surface area contributed by atoms with Crippen molar-refractivity contribution in [2.75, 3.05) is 7.05 Å². The lowest BCUT2D eigenvalue weighted by Crippen LogP contribution is -2.27. The van der Waals surface area contributed by atoms with Crippen LogP contribution in [0.3, 0.4) is 0 Å². The van der Waals surface area contributed by atoms with E-state index in [0.29, 0.717) is 17.4 Å². The average Bonchev–Trinajstić information content (AvgIpc) is 2.70. The first-order valence-electron chi connectivity index (χ1n) is 5.65. The van der Waals surface area contributed by atoms with Gasteiger partial charge in [0, 0.05) is 37.5 Å². The normalized spacial score (nSPS) is 10.5. The number of aryl methyl sites for hydroxylation is 1. The van der Waals surface area contributed by atoms with Crippen LogP contribution >= 0.6 is 27.5 Å². The van der Waals surface area contributed by atoms with E-state index in [1.807, 2.05) is 19.3 Å². The van der Waals surface area contributed by atoms with Gasteiger partial charge < -0.3 is 9.47 Å². The number of halogens is 2. The summed E-state index contributed by atoms with van der Waals surface area (Å²) in [7, 11) is 3.60. The molecule has 4 nitrogen and oxygen atoms in total. The quantitative estimate of drug-likeness (QED) is 0.804. The molecule has 0 bridgehead atoms. The number of carbonyl (C=O) groups excluding carboxylic acids is 1. The van der Waals surface area contributed by atoms with Crippen LogP contribution in [0.5, 0.6) is 0 Å². The van der Waals surface area contributed by atoms with Crippen LogP contribution < -0.4 is 0 Å². The smallest absolute Gasteiger partial charge is 0.270 e. The van der Waals surface area contributed by atoms with Crippen LogP contribution in [0.25, 0.3) is 0 Å². The number of carbonyl (C=O) groups is 1. The van der Waals surface area contributed by atoms with Gasteiger partial charge in [-0.25, -0.2) is 4.98 Å². The zero-order valence-electron chi connectivity index (χ0n) is 10.6. The number of pyridine rings is 1. The van der Waals surface area contributed by atoms with Gasteiger partial charge in [0.1, 0.15) is 10.8 Å². The fraction of sp³-hybridized carbons (Fsp3) is 0.231. The van der Waals surface area contributed by atoms with Gasteiger partial charge in [0.2, 0.25) is 0 Å². The van der Waals surface area contributed by atoms with Gasteiger partial charge in [-0.3, -0.25) is 4.79 Å². The van der Waals surface area contributed by atoms with Gasteiger partial charge in [-0.05, 0) is 33.6 Å². The van der Waals surface area contributed by atoms with Crippen molar-refractivity contribution in [1.82, 2.24) is 14.5 Å². The summed E-state index contributed by atoms with van der Waals surface area (Å²) in [6, 6.07) is 5.38. The van der Waals surface area contributed by atoms with E-state index in [-0.39, 0.29) is 5.91 Å². The van der Waals surface area contributed by atoms with E-state index in [1.54, 1.807) is 34.8 Å². The number of nitrogens with zero attached hydrogens (tertiary/aromatic N) is 3. The molecule has 0 saturated carbocycles. The summed E-state index contributed by atoms with van der Waals surface area (Å²) >= 11 is 9.09. The Kier molecular flexibility index (Phi) is 4.27. The van der Waals surface area contributed by atoms with E-state index >= 15 is 0 Å². The van der Waals surface area contributed by atoms with Crippen molar-refractivity contribution in [3.8, 4) is 0 Å². The molecule has 2 aromatic heterocycles. The van der Waals surface area contributed by atoms with Crippen molar-refractivity contribution in [3.63, 3.8) is 0 Å². The monoisotopic (exact) mass is 341 g/mol. The van der Waals surface area contributed by atoms with E-state index in [2.05, 4.69) is 20.9 Å². The highest BCUT2D eigenvalue weighted by Gasteiger charge is 2.16. The maximum Gasteiger partial charge on any atom is 0.270 e. The molecule has 0 aliphatic heterocycles. The molecule has 6 heteroatoms. The zero-order valence-corrected chi connectivity index (χ0v) is 12.9. The van der Waals surface area contributed by atoms with E-state index in [4.69, 9.17) is 11.6 Å². The molecule has 0 saturated heterocycles. The van der Waals surface area contributed by atoms with Crippen LogP contribution in [-0.4, -0.2) is 27.4 Å². The maximum absolute atomic E-state index is 12.3. The standard InChI is InChI=1S/C13H13BrClN3O/c1-17-8-10(14)5-11(17)13(19)18(2)7-9-3-4-12(15)16-6-9/h3-6,8H,7H2,1-2H3. The molecule has 1 amide bonds. The molecule has 0 atom stereocenters. The van der Waals surface area contributed by atoms with Crippen molar-refractivity contribution >= 4 is 33.4 Å². The Labute approximate surface area is 125 Å². The van der Waals surface area contributed by atoms with Crippen LogP contribution in [0.4, 0.5) is 0 Å². The second-order valence-electron chi connectivity index (χ2n) is 4.30. The molecule has 2 heterocycles. The first-order valence-corrected chi connectivity index (χ1v) is 6.82. The first kappa shape index (κ1) is 14.1. The zero-order chi connectivity index (χ0) is 14.0. The lowest BCUT2D eigenvalue weighted by molar-refractivity contribution is 0.0775. The summed E-state index contributed by atoms with van der Waals surface area (Å²) in [5.74, 6) is -0.0387. The Balaban J connectivity index is 2.11. The Morgan fingerprint density at radius 1 is 1.53 bits per heavy atom. The topological polar surface area (TPSA) is 38.1 Å². The van der Waals surface area contributed by atoms with E-state index in [1.165, 1.54) is 0 Å². The third-order valence-electron chi connectivity index (χ3n) is 2.75. The Bertz CT molecular complexity index is 594. The summed E-state index contributed by atoms with van der Waals surface area (Å²) < 4.78 is 2.68. The number of aromatic nitrogens is 2. The van der Waals surface area contributed by atoms with E-state index < -0.39 is 0 Å². The lowest BCUT2D eigenvalue weighted by Gasteiger charge is -2.17. The molecule has 0 fully saturated rings. The van der Waals surface area contributed by atoms with Gasteiger partial charge in [-0.15, -0.1) is 0 Å². The second kappa shape index (κ2) is 5.75.